The second kappa shape index (κ2) is 12.6. The first-order chi connectivity index (χ1) is 15.6. The number of rotatable bonds is 13. The van der Waals surface area contributed by atoms with E-state index in [1.165, 1.54) is 30.5 Å². The molecule has 168 valence electrons. The molecule has 4 nitrogen and oxygen atoms in total. The van der Waals surface area contributed by atoms with Gasteiger partial charge in [0.2, 0.25) is 0 Å². The number of carboxylic acids is 1. The lowest BCUT2D eigenvalue weighted by atomic mass is 10.1. The molecule has 3 aromatic rings. The minimum atomic E-state index is -0.776. The van der Waals surface area contributed by atoms with E-state index in [1.807, 2.05) is 24.3 Å². The van der Waals surface area contributed by atoms with Crippen LogP contribution in [0.3, 0.4) is 0 Å². The van der Waals surface area contributed by atoms with Gasteiger partial charge in [0.1, 0.15) is 12.4 Å². The lowest BCUT2D eigenvalue weighted by Crippen LogP contribution is -2.23. The van der Waals surface area contributed by atoms with E-state index in [1.54, 1.807) is 0 Å². The highest BCUT2D eigenvalue weighted by atomic mass is 16.5. The molecule has 0 amide bonds. The van der Waals surface area contributed by atoms with Crippen LogP contribution in [0.25, 0.3) is 0 Å². The second-order valence-electron chi connectivity index (χ2n) is 8.11. The van der Waals surface area contributed by atoms with Crippen molar-refractivity contribution in [2.45, 2.75) is 52.2 Å². The normalized spacial score (nSPS) is 10.7. The number of anilines is 1. The van der Waals surface area contributed by atoms with Gasteiger partial charge in [-0.05, 0) is 53.8 Å². The summed E-state index contributed by atoms with van der Waals surface area (Å²) in [6, 6.07) is 26.9. The highest BCUT2D eigenvalue weighted by Gasteiger charge is 2.07. The number of benzene rings is 3. The van der Waals surface area contributed by atoms with Gasteiger partial charge in [-0.15, -0.1) is 0 Å². The molecule has 4 heteroatoms. The third-order valence-corrected chi connectivity index (χ3v) is 5.51. The Bertz CT molecular complexity index is 937. The van der Waals surface area contributed by atoms with Crippen LogP contribution in [0.15, 0.2) is 78.9 Å². The highest BCUT2D eigenvalue weighted by Crippen LogP contribution is 2.19. The van der Waals surface area contributed by atoms with Crippen LogP contribution in [0.5, 0.6) is 5.75 Å². The van der Waals surface area contributed by atoms with Crippen molar-refractivity contribution < 1.29 is 14.6 Å². The van der Waals surface area contributed by atoms with Crippen LogP contribution in [0.1, 0.15) is 49.3 Å². The average Bonchev–Trinajstić information content (AvgIpc) is 2.83. The quantitative estimate of drug-likeness (QED) is 0.315. The molecule has 0 saturated carbocycles. The molecule has 3 rings (SSSR count). The van der Waals surface area contributed by atoms with Crippen LogP contribution in [-0.4, -0.2) is 17.6 Å². The Kier molecular flexibility index (Phi) is 9.18. The van der Waals surface area contributed by atoms with Gasteiger partial charge in [-0.2, -0.15) is 0 Å². The summed E-state index contributed by atoms with van der Waals surface area (Å²) in [5.41, 5.74) is 4.69. The number of hydrogen-bond donors (Lipinski definition) is 1. The van der Waals surface area contributed by atoms with Gasteiger partial charge in [0.15, 0.2) is 0 Å². The first-order valence-corrected chi connectivity index (χ1v) is 11.5. The van der Waals surface area contributed by atoms with Gasteiger partial charge in [0.25, 0.3) is 0 Å². The number of ether oxygens (including phenoxy) is 1. The number of carbonyl (C=O) groups is 1. The van der Waals surface area contributed by atoms with Crippen molar-refractivity contribution in [3.8, 4) is 5.75 Å². The number of para-hydroxylation sites is 1. The molecule has 0 saturated heterocycles. The van der Waals surface area contributed by atoms with Gasteiger partial charge < -0.3 is 14.7 Å². The van der Waals surface area contributed by atoms with Gasteiger partial charge in [0.05, 0.1) is 0 Å². The van der Waals surface area contributed by atoms with Crippen molar-refractivity contribution in [2.75, 3.05) is 11.4 Å². The fourth-order valence-corrected chi connectivity index (χ4v) is 3.62. The zero-order chi connectivity index (χ0) is 22.6. The predicted octanol–water partition coefficient (Wildman–Crippen LogP) is 6.48. The maximum atomic E-state index is 10.7. The first kappa shape index (κ1) is 23.4. The number of carboxylic acid groups (broad SMARTS) is 1. The van der Waals surface area contributed by atoms with Crippen molar-refractivity contribution in [2.24, 2.45) is 0 Å². The van der Waals surface area contributed by atoms with Crippen molar-refractivity contribution >= 4 is 11.7 Å². The molecule has 0 aliphatic heterocycles. The molecule has 0 aliphatic carbocycles. The van der Waals surface area contributed by atoms with Crippen LogP contribution in [0, 0.1) is 0 Å². The molecule has 0 bridgehead atoms. The van der Waals surface area contributed by atoms with E-state index in [0.29, 0.717) is 13.0 Å². The Morgan fingerprint density at radius 2 is 1.50 bits per heavy atom. The largest absolute Gasteiger partial charge is 0.489 e. The molecule has 32 heavy (non-hydrogen) atoms. The molecule has 3 aromatic carbocycles. The zero-order valence-corrected chi connectivity index (χ0v) is 18.9. The van der Waals surface area contributed by atoms with E-state index in [-0.39, 0.29) is 6.42 Å². The van der Waals surface area contributed by atoms with Crippen molar-refractivity contribution in [3.63, 3.8) is 0 Å². The maximum absolute atomic E-state index is 10.7. The fourth-order valence-electron chi connectivity index (χ4n) is 3.62. The molecule has 0 heterocycles. The Labute approximate surface area is 191 Å². The molecule has 1 N–H and O–H groups in total. The smallest absolute Gasteiger partial charge is 0.303 e. The molecule has 0 aliphatic rings. The summed E-state index contributed by atoms with van der Waals surface area (Å²) in [7, 11) is 0. The maximum Gasteiger partial charge on any atom is 0.303 e. The number of aryl methyl sites for hydroxylation is 1. The number of unbranched alkanes of at least 4 members (excludes halogenated alkanes) is 2. The molecule has 0 radical (unpaired) electrons. The summed E-state index contributed by atoms with van der Waals surface area (Å²) in [5, 5.41) is 8.79. The summed E-state index contributed by atoms with van der Waals surface area (Å²) in [6.07, 6.45) is 4.36. The van der Waals surface area contributed by atoms with Gasteiger partial charge >= 0.3 is 5.97 Å². The topological polar surface area (TPSA) is 49.8 Å². The minimum absolute atomic E-state index is 0.146. The van der Waals surface area contributed by atoms with E-state index < -0.39 is 5.97 Å². The summed E-state index contributed by atoms with van der Waals surface area (Å²) >= 11 is 0. The lowest BCUT2D eigenvalue weighted by molar-refractivity contribution is -0.136. The van der Waals surface area contributed by atoms with Crippen molar-refractivity contribution in [1.29, 1.82) is 0 Å². The van der Waals surface area contributed by atoms with Gasteiger partial charge in [0, 0.05) is 25.2 Å². The highest BCUT2D eigenvalue weighted by molar-refractivity contribution is 5.67. The van der Waals surface area contributed by atoms with E-state index in [2.05, 4.69) is 66.4 Å². The molecular weight excluding hydrogens is 398 g/mol. The van der Waals surface area contributed by atoms with Crippen molar-refractivity contribution in [1.82, 2.24) is 0 Å². The van der Waals surface area contributed by atoms with E-state index in [4.69, 9.17) is 9.84 Å². The third kappa shape index (κ3) is 7.77. The monoisotopic (exact) mass is 431 g/mol. The van der Waals surface area contributed by atoms with Crippen molar-refractivity contribution in [3.05, 3.63) is 95.6 Å². The van der Waals surface area contributed by atoms with Gasteiger partial charge in [-0.25, -0.2) is 0 Å². The summed E-state index contributed by atoms with van der Waals surface area (Å²) in [4.78, 5) is 13.1. The van der Waals surface area contributed by atoms with Gasteiger partial charge in [-0.1, -0.05) is 74.4 Å². The van der Waals surface area contributed by atoms with E-state index >= 15 is 0 Å². The molecule has 0 fully saturated rings. The molecule has 0 aromatic heterocycles. The first-order valence-electron chi connectivity index (χ1n) is 11.5. The van der Waals surface area contributed by atoms with Crippen LogP contribution in [0.2, 0.25) is 0 Å². The predicted molar refractivity (Wildman–Crippen MR) is 130 cm³/mol. The van der Waals surface area contributed by atoms with Crippen LogP contribution >= 0.6 is 0 Å². The lowest BCUT2D eigenvalue weighted by Gasteiger charge is -2.25. The Hall–Kier alpha value is -3.27. The third-order valence-electron chi connectivity index (χ3n) is 5.51. The Balaban J connectivity index is 1.53. The van der Waals surface area contributed by atoms with Gasteiger partial charge in [-0.3, -0.25) is 4.79 Å². The zero-order valence-electron chi connectivity index (χ0n) is 18.9. The van der Waals surface area contributed by atoms with Crippen LogP contribution in [0.4, 0.5) is 5.69 Å². The standard InChI is InChI=1S/C28H33NO3/c1-2-3-7-20-29(26-8-5-4-6-9-26)21-24-10-12-25(13-11-24)22-32-27-17-14-23(15-18-27)16-19-28(30)31/h4-6,8-15,17-18H,2-3,7,16,19-22H2,1H3,(H,30,31). The Morgan fingerprint density at radius 1 is 0.844 bits per heavy atom. The molecular formula is C28H33NO3. The molecule has 0 unspecified atom stereocenters. The Morgan fingerprint density at radius 3 is 2.16 bits per heavy atom. The molecule has 0 spiro atoms. The second-order valence-corrected chi connectivity index (χ2v) is 8.11. The number of aliphatic carboxylic acids is 1. The van der Waals surface area contributed by atoms with Crippen LogP contribution < -0.4 is 9.64 Å². The van der Waals surface area contributed by atoms with E-state index in [9.17, 15) is 4.79 Å². The number of nitrogens with zero attached hydrogens (tertiary/aromatic N) is 1. The molecule has 0 atom stereocenters. The number of hydrogen-bond acceptors (Lipinski definition) is 3. The minimum Gasteiger partial charge on any atom is -0.489 e. The van der Waals surface area contributed by atoms with Crippen LogP contribution in [-0.2, 0) is 24.4 Å². The van der Waals surface area contributed by atoms with E-state index in [0.717, 1.165) is 30.0 Å². The summed E-state index contributed by atoms with van der Waals surface area (Å²) in [5.74, 6) is 0.0148. The summed E-state index contributed by atoms with van der Waals surface area (Å²) < 4.78 is 5.90. The summed E-state index contributed by atoms with van der Waals surface area (Å²) in [6.45, 7) is 4.70. The SMILES string of the molecule is CCCCCN(Cc1ccc(COc2ccc(CCC(=O)O)cc2)cc1)c1ccccc1. The fraction of sp³-hybridized carbons (Fsp3) is 0.321. The average molecular weight is 432 g/mol.